The Bertz CT molecular complexity index is 1350. The predicted molar refractivity (Wildman–Crippen MR) is 116 cm³/mol. The molecule has 2 aromatic heterocycles. The van der Waals surface area contributed by atoms with Gasteiger partial charge in [-0.2, -0.15) is 26.3 Å². The number of hydrogen-bond acceptors (Lipinski definition) is 5. The van der Waals surface area contributed by atoms with Crippen molar-refractivity contribution in [3.8, 4) is 0 Å². The highest BCUT2D eigenvalue weighted by Gasteiger charge is 2.34. The van der Waals surface area contributed by atoms with Crippen LogP contribution in [0.25, 0.3) is 0 Å². The van der Waals surface area contributed by atoms with Crippen LogP contribution in [0.1, 0.15) is 32.6 Å². The molecule has 0 atom stereocenters. The van der Waals surface area contributed by atoms with Crippen LogP contribution in [0.2, 0.25) is 0 Å². The summed E-state index contributed by atoms with van der Waals surface area (Å²) in [5.41, 5.74) is -3.46. The molecule has 1 aliphatic heterocycles. The van der Waals surface area contributed by atoms with Gasteiger partial charge in [-0.3, -0.25) is 9.59 Å². The topological polar surface area (TPSA) is 82.2 Å². The van der Waals surface area contributed by atoms with E-state index in [-0.39, 0.29) is 49.7 Å². The van der Waals surface area contributed by atoms with E-state index in [0.29, 0.717) is 24.0 Å². The number of halogens is 7. The van der Waals surface area contributed by atoms with Gasteiger partial charge in [0, 0.05) is 44.8 Å². The van der Waals surface area contributed by atoms with Gasteiger partial charge in [0.1, 0.15) is 11.4 Å². The summed E-state index contributed by atoms with van der Waals surface area (Å²) in [7, 11) is 0. The number of anilines is 1. The number of amides is 1. The number of carbonyl (C=O) groups excluding carboxylic acids is 1. The first kappa shape index (κ1) is 26.1. The van der Waals surface area contributed by atoms with Crippen LogP contribution < -0.4 is 10.5 Å². The van der Waals surface area contributed by atoms with Gasteiger partial charge in [-0.05, 0) is 35.7 Å². The Kier molecular flexibility index (Phi) is 6.93. The Balaban J connectivity index is 1.45. The second-order valence-electron chi connectivity index (χ2n) is 8.29. The van der Waals surface area contributed by atoms with Crippen molar-refractivity contribution in [3.05, 3.63) is 86.8 Å². The van der Waals surface area contributed by atoms with Gasteiger partial charge in [0.25, 0.3) is 11.5 Å². The molecule has 0 saturated carbocycles. The van der Waals surface area contributed by atoms with E-state index in [1.54, 1.807) is 4.90 Å². The number of hydrogen-bond donors (Lipinski definition) is 1. The third kappa shape index (κ3) is 5.89. The molecular weight excluding hydrogens is 511 g/mol. The van der Waals surface area contributed by atoms with Gasteiger partial charge in [0.2, 0.25) is 5.95 Å². The number of aromatic nitrogens is 3. The highest BCUT2D eigenvalue weighted by molar-refractivity contribution is 5.94. The number of aromatic amines is 1. The fourth-order valence-corrected chi connectivity index (χ4v) is 3.83. The summed E-state index contributed by atoms with van der Waals surface area (Å²) >= 11 is 0. The second kappa shape index (κ2) is 9.82. The molecule has 0 aliphatic carbocycles. The van der Waals surface area contributed by atoms with E-state index < -0.39 is 40.8 Å². The molecule has 196 valence electrons. The van der Waals surface area contributed by atoms with Crippen molar-refractivity contribution < 1.29 is 35.5 Å². The summed E-state index contributed by atoms with van der Waals surface area (Å²) in [6.45, 7) is 0.607. The maximum atomic E-state index is 14.5. The first-order valence-corrected chi connectivity index (χ1v) is 10.8. The van der Waals surface area contributed by atoms with Crippen molar-refractivity contribution in [3.63, 3.8) is 0 Å². The first-order chi connectivity index (χ1) is 17.3. The Morgan fingerprint density at radius 1 is 0.919 bits per heavy atom. The van der Waals surface area contributed by atoms with Crippen LogP contribution in [0.5, 0.6) is 0 Å². The van der Waals surface area contributed by atoms with Gasteiger partial charge in [-0.15, -0.1) is 0 Å². The molecule has 1 N–H and O–H groups in total. The Labute approximate surface area is 204 Å². The number of piperazine rings is 1. The van der Waals surface area contributed by atoms with Crippen LogP contribution in [0.15, 0.2) is 47.7 Å². The quantitative estimate of drug-likeness (QED) is 0.519. The number of benzene rings is 1. The summed E-state index contributed by atoms with van der Waals surface area (Å²) in [5.74, 6) is -1.41. The van der Waals surface area contributed by atoms with Crippen molar-refractivity contribution in [1.29, 1.82) is 0 Å². The fraction of sp³-hybridized carbons (Fsp3) is 0.304. The number of rotatable bonds is 4. The highest BCUT2D eigenvalue weighted by atomic mass is 19.4. The van der Waals surface area contributed by atoms with Crippen LogP contribution in [0, 0.1) is 5.82 Å². The van der Waals surface area contributed by atoms with Crippen molar-refractivity contribution in [2.24, 2.45) is 0 Å². The van der Waals surface area contributed by atoms with Crippen LogP contribution in [-0.4, -0.2) is 51.9 Å². The SMILES string of the molecule is O=C(c1cc(Cc2c[nH]c(=O)c(C(F)(F)F)c2)ccc1F)N1CCN(c2ncc(C(F)(F)F)cn2)CC1. The van der Waals surface area contributed by atoms with Crippen molar-refractivity contribution in [2.45, 2.75) is 18.8 Å². The Morgan fingerprint density at radius 2 is 1.57 bits per heavy atom. The van der Waals surface area contributed by atoms with Gasteiger partial charge in [0.05, 0.1) is 11.1 Å². The first-order valence-electron chi connectivity index (χ1n) is 10.8. The summed E-state index contributed by atoms with van der Waals surface area (Å²) < 4.78 is 91.7. The largest absolute Gasteiger partial charge is 0.421 e. The molecular formula is C23H18F7N5O2. The van der Waals surface area contributed by atoms with E-state index in [0.717, 1.165) is 12.3 Å². The molecule has 7 nitrogen and oxygen atoms in total. The smallest absolute Gasteiger partial charge is 0.337 e. The molecule has 0 bridgehead atoms. The van der Waals surface area contributed by atoms with Crippen LogP contribution >= 0.6 is 0 Å². The molecule has 0 unspecified atom stereocenters. The van der Waals surface area contributed by atoms with Crippen LogP contribution in [0.3, 0.4) is 0 Å². The van der Waals surface area contributed by atoms with Crippen LogP contribution in [-0.2, 0) is 18.8 Å². The highest BCUT2D eigenvalue weighted by Crippen LogP contribution is 2.29. The molecule has 14 heteroatoms. The Hall–Kier alpha value is -3.97. The van der Waals surface area contributed by atoms with E-state index in [4.69, 9.17) is 0 Å². The molecule has 3 aromatic rings. The lowest BCUT2D eigenvalue weighted by molar-refractivity contribution is -0.139. The zero-order chi connectivity index (χ0) is 27.0. The lowest BCUT2D eigenvalue weighted by Gasteiger charge is -2.34. The maximum Gasteiger partial charge on any atom is 0.421 e. The molecule has 0 spiro atoms. The van der Waals surface area contributed by atoms with Crippen molar-refractivity contribution >= 4 is 11.9 Å². The standard InChI is InChI=1S/C23H18F7N5O2/c24-18-2-1-13(7-14-9-17(23(28,29)30)19(36)31-10-14)8-16(18)20(37)34-3-5-35(6-4-34)21-32-11-15(12-33-21)22(25,26)27/h1-2,8-12H,3-7H2,(H,31,36). The van der Waals surface area contributed by atoms with E-state index in [1.165, 1.54) is 17.0 Å². The van der Waals surface area contributed by atoms with E-state index in [1.807, 2.05) is 4.98 Å². The summed E-state index contributed by atoms with van der Waals surface area (Å²) in [4.78, 5) is 36.9. The predicted octanol–water partition coefficient (Wildman–Crippen LogP) is 3.89. The average Bonchev–Trinajstić information content (AvgIpc) is 2.85. The van der Waals surface area contributed by atoms with Gasteiger partial charge < -0.3 is 14.8 Å². The lowest BCUT2D eigenvalue weighted by Crippen LogP contribution is -2.49. The zero-order valence-electron chi connectivity index (χ0n) is 18.8. The lowest BCUT2D eigenvalue weighted by atomic mass is 10.0. The zero-order valence-corrected chi connectivity index (χ0v) is 18.8. The number of nitrogens with one attached hydrogen (secondary N) is 1. The van der Waals surface area contributed by atoms with Gasteiger partial charge in [-0.25, -0.2) is 14.4 Å². The van der Waals surface area contributed by atoms with Gasteiger partial charge in [0.15, 0.2) is 0 Å². The summed E-state index contributed by atoms with van der Waals surface area (Å²) in [5, 5.41) is 0. The molecule has 1 amide bonds. The molecule has 0 radical (unpaired) electrons. The van der Waals surface area contributed by atoms with Crippen molar-refractivity contribution in [1.82, 2.24) is 19.9 Å². The van der Waals surface area contributed by atoms with E-state index in [2.05, 4.69) is 9.97 Å². The minimum Gasteiger partial charge on any atom is -0.337 e. The molecule has 1 aliphatic rings. The summed E-state index contributed by atoms with van der Waals surface area (Å²) in [6, 6.07) is 4.29. The van der Waals surface area contributed by atoms with Crippen molar-refractivity contribution in [2.75, 3.05) is 31.1 Å². The monoisotopic (exact) mass is 529 g/mol. The Morgan fingerprint density at radius 3 is 2.16 bits per heavy atom. The van der Waals surface area contributed by atoms with Crippen LogP contribution in [0.4, 0.5) is 36.7 Å². The molecule has 3 heterocycles. The number of nitrogens with zero attached hydrogens (tertiary/aromatic N) is 4. The number of H-pyrrole nitrogens is 1. The number of carbonyl (C=O) groups is 1. The molecule has 1 saturated heterocycles. The third-order valence-electron chi connectivity index (χ3n) is 5.75. The molecule has 1 aromatic carbocycles. The maximum absolute atomic E-state index is 14.5. The second-order valence-corrected chi connectivity index (χ2v) is 8.29. The van der Waals surface area contributed by atoms with E-state index in [9.17, 15) is 40.3 Å². The van der Waals surface area contributed by atoms with E-state index >= 15 is 0 Å². The third-order valence-corrected chi connectivity index (χ3v) is 5.75. The average molecular weight is 529 g/mol. The number of pyridine rings is 1. The number of alkyl halides is 6. The molecule has 4 rings (SSSR count). The molecule has 37 heavy (non-hydrogen) atoms. The molecule has 1 fully saturated rings. The summed E-state index contributed by atoms with van der Waals surface area (Å²) in [6.07, 6.45) is -7.06. The minimum absolute atomic E-state index is 0.0624. The fourth-order valence-electron chi connectivity index (χ4n) is 3.83. The minimum atomic E-state index is -4.85. The normalized spacial score (nSPS) is 14.7. The van der Waals surface area contributed by atoms with Gasteiger partial charge >= 0.3 is 12.4 Å². The van der Waals surface area contributed by atoms with Gasteiger partial charge in [-0.1, -0.05) is 6.07 Å².